The van der Waals surface area contributed by atoms with Crippen molar-refractivity contribution in [3.8, 4) is 5.75 Å². The van der Waals surface area contributed by atoms with Crippen LogP contribution in [0.4, 0.5) is 13.2 Å². The summed E-state index contributed by atoms with van der Waals surface area (Å²) in [7, 11) is 2.73. The summed E-state index contributed by atoms with van der Waals surface area (Å²) < 4.78 is 57.5. The number of Topliss-reactive ketones (excluding diaryl/α,β-unsaturated/α-hetero) is 1. The van der Waals surface area contributed by atoms with Gasteiger partial charge >= 0.3 is 24.0 Å². The zero-order chi connectivity index (χ0) is 48.4. The van der Waals surface area contributed by atoms with Crippen LogP contribution in [-0.2, 0) is 54.3 Å². The van der Waals surface area contributed by atoms with Crippen LogP contribution in [0.5, 0.6) is 5.75 Å². The Bertz CT molecular complexity index is 1840. The quantitative estimate of drug-likeness (QED) is 0.207. The van der Waals surface area contributed by atoms with E-state index in [0.29, 0.717) is 17.7 Å². The van der Waals surface area contributed by atoms with Crippen molar-refractivity contribution in [1.82, 2.24) is 25.8 Å². The smallest absolute Gasteiger partial charge is 0.471 e. The van der Waals surface area contributed by atoms with E-state index in [0.717, 1.165) is 11.8 Å². The van der Waals surface area contributed by atoms with Crippen LogP contribution in [0.1, 0.15) is 93.1 Å². The average molecular weight is 912 g/mol. The van der Waals surface area contributed by atoms with E-state index in [4.69, 9.17) is 14.2 Å². The highest BCUT2D eigenvalue weighted by molar-refractivity contribution is 6.05. The number of aliphatic hydroxyl groups is 1. The molecule has 64 heavy (non-hydrogen) atoms. The van der Waals surface area contributed by atoms with Gasteiger partial charge in [0.25, 0.3) is 0 Å². The lowest BCUT2D eigenvalue weighted by Crippen LogP contribution is -2.60. The number of amides is 5. The summed E-state index contributed by atoms with van der Waals surface area (Å²) in [6, 6.07) is -1.07. The number of aliphatic hydroxyl groups excluding tert-OH is 1. The second kappa shape index (κ2) is 23.1. The minimum Gasteiger partial charge on any atom is -0.497 e. The predicted octanol–water partition coefficient (Wildman–Crippen LogP) is 2.63. The molecule has 0 aromatic heterocycles. The Labute approximate surface area is 371 Å². The maximum atomic E-state index is 14.5. The summed E-state index contributed by atoms with van der Waals surface area (Å²) in [5.41, 5.74) is 0.485. The SMILES string of the molecule is CC[C@H](C)[C@H]1NC(=O)[C@@H](NC(=O)C(F)(F)F)[C@H](C)OC(=O)[C@H](Cc2ccc(OC)cc2)N(C)C(=O)[C@@H]2CCCN2C(=O)[C@@H](CC(C)C)NC(=O)[C@@H](C)C(=O)[C@@H](C(C)C)OC(=O)C[C@H]1O. The van der Waals surface area contributed by atoms with Gasteiger partial charge in [0.2, 0.25) is 23.6 Å². The van der Waals surface area contributed by atoms with Crippen molar-refractivity contribution < 1.29 is 70.8 Å². The molecule has 5 amide bonds. The highest BCUT2D eigenvalue weighted by atomic mass is 19.4. The maximum Gasteiger partial charge on any atom is 0.471 e. The minimum atomic E-state index is -5.49. The van der Waals surface area contributed by atoms with Gasteiger partial charge in [-0.3, -0.25) is 33.6 Å². The number of benzene rings is 1. The van der Waals surface area contributed by atoms with Gasteiger partial charge in [-0.25, -0.2) is 4.79 Å². The number of rotatable bonds is 9. The highest BCUT2D eigenvalue weighted by Gasteiger charge is 2.46. The Kier molecular flexibility index (Phi) is 19.1. The van der Waals surface area contributed by atoms with Crippen molar-refractivity contribution in [3.05, 3.63) is 29.8 Å². The third-order valence-electron chi connectivity index (χ3n) is 11.7. The zero-order valence-electron chi connectivity index (χ0n) is 38.2. The first-order chi connectivity index (χ1) is 29.8. The molecule has 2 aliphatic rings. The monoisotopic (exact) mass is 911 g/mol. The molecule has 0 radical (unpaired) electrons. The molecule has 2 aliphatic heterocycles. The minimum absolute atomic E-state index is 0.0945. The molecule has 0 spiro atoms. The molecular weight excluding hydrogens is 848 g/mol. The number of ether oxygens (including phenoxy) is 3. The van der Waals surface area contributed by atoms with Gasteiger partial charge in [-0.1, -0.05) is 60.1 Å². The molecule has 0 bridgehead atoms. The van der Waals surface area contributed by atoms with Crippen molar-refractivity contribution in [2.24, 2.45) is 23.7 Å². The van der Waals surface area contributed by atoms with Gasteiger partial charge in [0.1, 0.15) is 36.0 Å². The molecule has 0 unspecified atom stereocenters. The van der Waals surface area contributed by atoms with E-state index in [1.54, 1.807) is 57.3 Å². The van der Waals surface area contributed by atoms with E-state index in [-0.39, 0.29) is 38.1 Å². The van der Waals surface area contributed by atoms with Crippen molar-refractivity contribution in [1.29, 1.82) is 0 Å². The van der Waals surface area contributed by atoms with Gasteiger partial charge in [-0.15, -0.1) is 0 Å². The molecule has 2 fully saturated rings. The first-order valence-corrected chi connectivity index (χ1v) is 21.6. The third kappa shape index (κ3) is 13.9. The Hall–Kier alpha value is -5.27. The third-order valence-corrected chi connectivity index (χ3v) is 11.7. The molecule has 20 heteroatoms. The average Bonchev–Trinajstić information content (AvgIpc) is 3.73. The Morgan fingerprint density at radius 3 is 2.12 bits per heavy atom. The first-order valence-electron chi connectivity index (χ1n) is 21.6. The summed E-state index contributed by atoms with van der Waals surface area (Å²) in [5, 5.41) is 18.0. The Morgan fingerprint density at radius 1 is 0.953 bits per heavy atom. The molecule has 2 saturated heterocycles. The normalized spacial score (nSPS) is 28.2. The Balaban J connectivity index is 2.22. The fraction of sp³-hybridized carbons (Fsp3) is 0.682. The number of fused-ring (bicyclic) bond motifs is 1. The van der Waals surface area contributed by atoms with Gasteiger partial charge in [-0.05, 0) is 68.6 Å². The number of hydrogen-bond donors (Lipinski definition) is 4. The van der Waals surface area contributed by atoms with Crippen LogP contribution in [-0.4, -0.2) is 138 Å². The molecular formula is C44H64F3N5O12. The van der Waals surface area contributed by atoms with Gasteiger partial charge in [-0.2, -0.15) is 13.2 Å². The summed E-state index contributed by atoms with van der Waals surface area (Å²) in [6.07, 6.45) is -10.8. The van der Waals surface area contributed by atoms with E-state index < -0.39 is 126 Å². The predicted molar refractivity (Wildman–Crippen MR) is 224 cm³/mol. The van der Waals surface area contributed by atoms with Gasteiger partial charge in [0.05, 0.1) is 31.6 Å². The first kappa shape index (κ1) is 53.1. The second-order valence-electron chi connectivity index (χ2n) is 17.5. The van der Waals surface area contributed by atoms with Crippen molar-refractivity contribution in [2.45, 2.75) is 149 Å². The van der Waals surface area contributed by atoms with Gasteiger partial charge in [0.15, 0.2) is 11.9 Å². The van der Waals surface area contributed by atoms with Crippen molar-refractivity contribution in [2.75, 3.05) is 20.7 Å². The lowest BCUT2D eigenvalue weighted by molar-refractivity contribution is -0.177. The van der Waals surface area contributed by atoms with Crippen LogP contribution in [0.25, 0.3) is 0 Å². The number of ketones is 1. The molecule has 3 rings (SSSR count). The maximum absolute atomic E-state index is 14.5. The lowest BCUT2D eigenvalue weighted by Gasteiger charge is -2.35. The summed E-state index contributed by atoms with van der Waals surface area (Å²) in [6.45, 7) is 12.4. The summed E-state index contributed by atoms with van der Waals surface area (Å²) in [4.78, 5) is 113. The van der Waals surface area contributed by atoms with E-state index in [1.807, 2.05) is 13.8 Å². The number of esters is 2. The summed E-state index contributed by atoms with van der Waals surface area (Å²) in [5.74, 6) is -11.6. The number of likely N-dealkylation sites (N-methyl/N-ethyl adjacent to an activating group) is 1. The second-order valence-corrected chi connectivity index (χ2v) is 17.5. The number of nitrogens with zero attached hydrogens (tertiary/aromatic N) is 2. The van der Waals surface area contributed by atoms with E-state index >= 15 is 0 Å². The standard InChI is InChI=1S/C44H64F3N5O12/c1-11-24(6)34-32(53)21-33(54)64-37(23(4)5)36(55)25(7)38(56)48-29(19-22(2)3)40(58)52-18-12-13-30(52)41(59)51(9)31(20-27-14-16-28(62-10)17-15-27)42(60)63-26(8)35(39(57)49-34)50-43(61)44(45,46)47/h14-17,22-26,29-32,34-35,37,53H,11-13,18-21H2,1-10H3,(H,48,56)(H,49,57)(H,50,61)/t24-,25-,26-,29+,30-,31-,32+,34+,35-,37+/m0/s1. The molecule has 0 aliphatic carbocycles. The van der Waals surface area contributed by atoms with Crippen LogP contribution >= 0.6 is 0 Å². The molecule has 17 nitrogen and oxygen atoms in total. The number of hydrogen-bond acceptors (Lipinski definition) is 12. The van der Waals surface area contributed by atoms with Crippen molar-refractivity contribution in [3.63, 3.8) is 0 Å². The van der Waals surface area contributed by atoms with Crippen LogP contribution in [0, 0.1) is 23.7 Å². The Morgan fingerprint density at radius 2 is 1.58 bits per heavy atom. The largest absolute Gasteiger partial charge is 0.497 e. The molecule has 4 N–H and O–H groups in total. The number of halogens is 3. The topological polar surface area (TPSA) is 227 Å². The number of carbonyl (C=O) groups excluding carboxylic acids is 8. The molecule has 1 aromatic carbocycles. The molecule has 10 atom stereocenters. The fourth-order valence-corrected chi connectivity index (χ4v) is 7.69. The zero-order valence-corrected chi connectivity index (χ0v) is 38.2. The van der Waals surface area contributed by atoms with Gasteiger partial charge in [0, 0.05) is 20.0 Å². The van der Waals surface area contributed by atoms with E-state index in [2.05, 4.69) is 10.6 Å². The van der Waals surface area contributed by atoms with Crippen LogP contribution in [0.3, 0.4) is 0 Å². The summed E-state index contributed by atoms with van der Waals surface area (Å²) >= 11 is 0. The molecule has 358 valence electrons. The van der Waals surface area contributed by atoms with Gasteiger partial charge < -0.3 is 45.1 Å². The number of alkyl halides is 3. The lowest BCUT2D eigenvalue weighted by atomic mass is 9.91. The van der Waals surface area contributed by atoms with E-state index in [1.165, 1.54) is 26.0 Å². The number of cyclic esters (lactones) is 2. The fourth-order valence-electron chi connectivity index (χ4n) is 7.69. The molecule has 0 saturated carbocycles. The molecule has 1 aromatic rings. The van der Waals surface area contributed by atoms with Crippen LogP contribution < -0.4 is 20.7 Å². The number of nitrogens with one attached hydrogen (secondary N) is 3. The number of methoxy groups -OCH3 is 1. The van der Waals surface area contributed by atoms with Crippen LogP contribution in [0.2, 0.25) is 0 Å². The highest BCUT2D eigenvalue weighted by Crippen LogP contribution is 2.26. The van der Waals surface area contributed by atoms with E-state index in [9.17, 15) is 56.6 Å². The van der Waals surface area contributed by atoms with Crippen LogP contribution in [0.15, 0.2) is 24.3 Å². The number of carbonyl (C=O) groups is 8. The van der Waals surface area contributed by atoms with Crippen molar-refractivity contribution >= 4 is 47.3 Å². The molecule has 2 heterocycles.